The van der Waals surface area contributed by atoms with E-state index in [9.17, 15) is 9.59 Å². The number of nitrogens with zero attached hydrogens (tertiary/aromatic N) is 6. The number of carbonyl (C=O) groups is 2. The molecule has 3 aromatic rings. The van der Waals surface area contributed by atoms with E-state index < -0.39 is 6.03 Å². The molecule has 3 heterocycles. The summed E-state index contributed by atoms with van der Waals surface area (Å²) in [7, 11) is 2.05. The van der Waals surface area contributed by atoms with E-state index in [1.165, 1.54) is 10.7 Å². The normalized spacial score (nSPS) is 18.5. The number of ketones is 1. The minimum absolute atomic E-state index is 0.144. The fraction of sp³-hybridized carbons (Fsp3) is 0.393. The van der Waals surface area contributed by atoms with Crippen LogP contribution in [0.1, 0.15) is 22.8 Å². The molecule has 2 aromatic carbocycles. The van der Waals surface area contributed by atoms with Gasteiger partial charge in [0.15, 0.2) is 5.78 Å². The smallest absolute Gasteiger partial charge is 0.334 e. The third kappa shape index (κ3) is 4.14. The average molecular weight is 515 g/mol. The zero-order valence-electron chi connectivity index (χ0n) is 22.0. The minimum Gasteiger partial charge on any atom is -0.369 e. The number of urea groups is 1. The van der Waals surface area contributed by atoms with Crippen molar-refractivity contribution in [3.8, 4) is 22.5 Å². The Labute approximate surface area is 222 Å². The molecule has 1 aromatic heterocycles. The first-order valence-corrected chi connectivity index (χ1v) is 13.3. The first kappa shape index (κ1) is 24.6. The van der Waals surface area contributed by atoms with Crippen LogP contribution >= 0.6 is 0 Å². The van der Waals surface area contributed by atoms with E-state index in [-0.39, 0.29) is 5.78 Å². The number of hydrogen-bond donors (Lipinski definition) is 2. The number of hydrogen-bond acceptors (Lipinski definition) is 7. The van der Waals surface area contributed by atoms with Crippen molar-refractivity contribution < 1.29 is 9.59 Å². The number of benzene rings is 2. The number of amides is 2. The summed E-state index contributed by atoms with van der Waals surface area (Å²) < 4.78 is 0. The van der Waals surface area contributed by atoms with Gasteiger partial charge in [0.1, 0.15) is 5.69 Å². The standard InChI is InChI=1S/C28H34N8O2/c1-3-33-13-15-34(16-14-33)20-9-7-19(8-10-20)25-24-26(31-30-25)21-5-4-6-22(23(21)27(24)37)36(28(29)38)35-17-11-32(2)12-18-35/h4-10H,3,11-18H2,1-2H3,(H2,29,38)(H,30,31). The first-order valence-electron chi connectivity index (χ1n) is 13.3. The van der Waals surface area contributed by atoms with Crippen molar-refractivity contribution in [2.45, 2.75) is 6.92 Å². The van der Waals surface area contributed by atoms with Gasteiger partial charge in [0.25, 0.3) is 0 Å². The van der Waals surface area contributed by atoms with Crippen LogP contribution in [-0.2, 0) is 0 Å². The van der Waals surface area contributed by atoms with Crippen molar-refractivity contribution in [2.75, 3.05) is 75.9 Å². The maximum atomic E-state index is 13.9. The summed E-state index contributed by atoms with van der Waals surface area (Å²) in [5, 5.41) is 11.0. The number of rotatable bonds is 5. The second-order valence-electron chi connectivity index (χ2n) is 10.2. The molecule has 2 saturated heterocycles. The van der Waals surface area contributed by atoms with Gasteiger partial charge in [0.2, 0.25) is 0 Å². The van der Waals surface area contributed by atoms with Gasteiger partial charge in [-0.25, -0.2) is 14.8 Å². The predicted molar refractivity (Wildman–Crippen MR) is 148 cm³/mol. The quantitative estimate of drug-likeness (QED) is 0.422. The molecule has 3 aliphatic rings. The number of anilines is 2. The number of likely N-dealkylation sites (N-methyl/N-ethyl adjacent to an activating group) is 2. The summed E-state index contributed by atoms with van der Waals surface area (Å²) in [5.74, 6) is -0.144. The Kier molecular flexibility index (Phi) is 6.38. The van der Waals surface area contributed by atoms with Gasteiger partial charge >= 0.3 is 6.03 Å². The number of nitrogens with one attached hydrogen (secondary N) is 1. The molecule has 3 N–H and O–H groups in total. The highest BCUT2D eigenvalue weighted by Gasteiger charge is 2.38. The molecule has 38 heavy (non-hydrogen) atoms. The third-order valence-electron chi connectivity index (χ3n) is 8.06. The van der Waals surface area contributed by atoms with Crippen LogP contribution < -0.4 is 15.6 Å². The van der Waals surface area contributed by atoms with Gasteiger partial charge < -0.3 is 20.4 Å². The van der Waals surface area contributed by atoms with Crippen LogP contribution in [0.15, 0.2) is 42.5 Å². The van der Waals surface area contributed by atoms with Gasteiger partial charge in [-0.05, 0) is 31.8 Å². The number of nitrogens with two attached hydrogens (primary N) is 1. The van der Waals surface area contributed by atoms with E-state index in [1.807, 2.05) is 29.3 Å². The lowest BCUT2D eigenvalue weighted by Crippen LogP contribution is -2.56. The summed E-state index contributed by atoms with van der Waals surface area (Å²) in [6.45, 7) is 10.3. The minimum atomic E-state index is -0.597. The number of hydrazine groups is 1. The Balaban J connectivity index is 1.30. The van der Waals surface area contributed by atoms with Crippen molar-refractivity contribution in [3.63, 3.8) is 0 Å². The lowest BCUT2D eigenvalue weighted by atomic mass is 10.0. The molecule has 198 valence electrons. The number of carbonyl (C=O) groups excluding carboxylic acids is 2. The van der Waals surface area contributed by atoms with Crippen molar-refractivity contribution in [3.05, 3.63) is 53.6 Å². The van der Waals surface area contributed by atoms with E-state index in [0.29, 0.717) is 41.3 Å². The maximum Gasteiger partial charge on any atom is 0.334 e. The molecule has 0 radical (unpaired) electrons. The number of H-pyrrole nitrogens is 1. The zero-order chi connectivity index (χ0) is 26.4. The van der Waals surface area contributed by atoms with Gasteiger partial charge in [0, 0.05) is 69.2 Å². The number of piperazine rings is 2. The van der Waals surface area contributed by atoms with Gasteiger partial charge in [-0.1, -0.05) is 31.2 Å². The highest BCUT2D eigenvalue weighted by Crippen LogP contribution is 2.44. The molecule has 0 unspecified atom stereocenters. The van der Waals surface area contributed by atoms with Gasteiger partial charge in [-0.2, -0.15) is 5.10 Å². The van der Waals surface area contributed by atoms with E-state index in [1.54, 1.807) is 6.07 Å². The molecule has 0 spiro atoms. The van der Waals surface area contributed by atoms with Crippen LogP contribution in [0.3, 0.4) is 0 Å². The van der Waals surface area contributed by atoms with E-state index in [4.69, 9.17) is 5.73 Å². The summed E-state index contributed by atoms with van der Waals surface area (Å²) in [6.07, 6.45) is 0. The Morgan fingerprint density at radius 3 is 2.34 bits per heavy atom. The Morgan fingerprint density at radius 1 is 0.974 bits per heavy atom. The fourth-order valence-electron chi connectivity index (χ4n) is 5.81. The van der Waals surface area contributed by atoms with Crippen molar-refractivity contribution in [1.29, 1.82) is 0 Å². The van der Waals surface area contributed by atoms with Crippen LogP contribution in [0.5, 0.6) is 0 Å². The van der Waals surface area contributed by atoms with Crippen LogP contribution in [0.25, 0.3) is 22.5 Å². The molecule has 2 fully saturated rings. The molecular formula is C28H34N8O2. The molecule has 0 saturated carbocycles. The SMILES string of the molecule is CCN1CCN(c2ccc(-c3n[nH]c4c3C(=O)c3c-4cccc3N(C(N)=O)N3CCN(C)CC3)cc2)CC1. The van der Waals surface area contributed by atoms with Crippen molar-refractivity contribution in [2.24, 2.45) is 5.73 Å². The Bertz CT molecular complexity index is 1350. The fourth-order valence-corrected chi connectivity index (χ4v) is 5.81. The summed E-state index contributed by atoms with van der Waals surface area (Å²) in [4.78, 5) is 33.6. The number of aromatic nitrogens is 2. The summed E-state index contributed by atoms with van der Waals surface area (Å²) in [5.41, 5.74) is 11.5. The predicted octanol–water partition coefficient (Wildman–Crippen LogP) is 2.48. The molecular weight excluding hydrogens is 480 g/mol. The van der Waals surface area contributed by atoms with E-state index in [2.05, 4.69) is 51.0 Å². The Hall–Kier alpha value is -3.73. The molecule has 6 rings (SSSR count). The maximum absolute atomic E-state index is 13.9. The number of aromatic amines is 1. The molecule has 10 heteroatoms. The first-order chi connectivity index (χ1) is 18.5. The van der Waals surface area contributed by atoms with Gasteiger partial charge in [0.05, 0.1) is 22.5 Å². The second-order valence-corrected chi connectivity index (χ2v) is 10.2. The van der Waals surface area contributed by atoms with Gasteiger partial charge in [-0.3, -0.25) is 9.89 Å². The molecule has 0 atom stereocenters. The van der Waals surface area contributed by atoms with Crippen LogP contribution in [-0.4, -0.2) is 103 Å². The highest BCUT2D eigenvalue weighted by molar-refractivity contribution is 6.27. The largest absolute Gasteiger partial charge is 0.369 e. The van der Waals surface area contributed by atoms with Crippen LogP contribution in [0.2, 0.25) is 0 Å². The van der Waals surface area contributed by atoms with Crippen molar-refractivity contribution in [1.82, 2.24) is 25.0 Å². The summed E-state index contributed by atoms with van der Waals surface area (Å²) >= 11 is 0. The summed E-state index contributed by atoms with van der Waals surface area (Å²) in [6, 6.07) is 13.2. The second kappa shape index (κ2) is 9.86. The number of fused-ring (bicyclic) bond motifs is 3. The molecule has 0 bridgehead atoms. The highest BCUT2D eigenvalue weighted by atomic mass is 16.2. The van der Waals surface area contributed by atoms with Crippen LogP contribution in [0.4, 0.5) is 16.2 Å². The number of primary amides is 1. The topological polar surface area (TPSA) is 105 Å². The third-order valence-corrected chi connectivity index (χ3v) is 8.06. The molecule has 2 amide bonds. The zero-order valence-corrected chi connectivity index (χ0v) is 22.0. The average Bonchev–Trinajstić information content (AvgIpc) is 3.50. The van der Waals surface area contributed by atoms with Crippen LogP contribution in [0, 0.1) is 0 Å². The van der Waals surface area contributed by atoms with Gasteiger partial charge in [-0.15, -0.1) is 0 Å². The molecule has 10 nitrogen and oxygen atoms in total. The lowest BCUT2D eigenvalue weighted by molar-refractivity contribution is 0.104. The van der Waals surface area contributed by atoms with E-state index >= 15 is 0 Å². The van der Waals surface area contributed by atoms with Crippen molar-refractivity contribution >= 4 is 23.2 Å². The molecule has 1 aliphatic carbocycles. The lowest BCUT2D eigenvalue weighted by Gasteiger charge is -2.39. The Morgan fingerprint density at radius 2 is 1.68 bits per heavy atom. The molecule has 2 aliphatic heterocycles. The monoisotopic (exact) mass is 514 g/mol. The van der Waals surface area contributed by atoms with E-state index in [0.717, 1.165) is 56.9 Å².